The number of carboxylic acid groups (broad SMARTS) is 1. The van der Waals surface area contributed by atoms with Crippen LogP contribution in [-0.4, -0.2) is 56.3 Å². The summed E-state index contributed by atoms with van der Waals surface area (Å²) in [6.07, 6.45) is 4.97. The molecule has 3 heterocycles. The molecule has 2 aromatic carbocycles. The van der Waals surface area contributed by atoms with E-state index in [0.717, 1.165) is 67.7 Å². The second-order valence-corrected chi connectivity index (χ2v) is 11.8. The number of methoxy groups -OCH3 is 1. The van der Waals surface area contributed by atoms with Gasteiger partial charge in [0.1, 0.15) is 18.2 Å². The van der Waals surface area contributed by atoms with E-state index >= 15 is 0 Å². The van der Waals surface area contributed by atoms with Gasteiger partial charge in [0, 0.05) is 35.4 Å². The summed E-state index contributed by atoms with van der Waals surface area (Å²) >= 11 is 5.85. The van der Waals surface area contributed by atoms with Crippen molar-refractivity contribution in [3.8, 4) is 5.88 Å². The summed E-state index contributed by atoms with van der Waals surface area (Å²) in [5, 5.41) is 9.93. The van der Waals surface area contributed by atoms with Crippen LogP contribution in [0.2, 0.25) is 5.02 Å². The Morgan fingerprint density at radius 2 is 1.93 bits per heavy atom. The van der Waals surface area contributed by atoms with Gasteiger partial charge in [0.15, 0.2) is 0 Å². The van der Waals surface area contributed by atoms with Crippen LogP contribution in [0, 0.1) is 5.82 Å². The molecule has 0 unspecified atom stereocenters. The molecular weight excluding hydrogens is 559 g/mol. The van der Waals surface area contributed by atoms with E-state index in [0.29, 0.717) is 35.5 Å². The van der Waals surface area contributed by atoms with E-state index < -0.39 is 11.8 Å². The molecule has 0 spiro atoms. The zero-order valence-electron chi connectivity index (χ0n) is 23.6. The topological polar surface area (TPSA) is 89.7 Å². The molecular formula is C32H34ClFN4O4. The lowest BCUT2D eigenvalue weighted by molar-refractivity contribution is -0.0834. The molecule has 8 nitrogen and oxygen atoms in total. The number of hydrogen-bond donors (Lipinski definition) is 1. The van der Waals surface area contributed by atoms with Crippen molar-refractivity contribution in [3.63, 3.8) is 0 Å². The van der Waals surface area contributed by atoms with E-state index in [2.05, 4.69) is 9.47 Å². The number of imidazole rings is 1. The number of rotatable bonds is 10. The Labute approximate surface area is 249 Å². The summed E-state index contributed by atoms with van der Waals surface area (Å²) in [5.74, 6) is 0.352. The van der Waals surface area contributed by atoms with Crippen molar-refractivity contribution in [2.75, 3.05) is 20.2 Å². The maximum Gasteiger partial charge on any atom is 0.335 e. The first kappa shape index (κ1) is 28.6. The van der Waals surface area contributed by atoms with Crippen LogP contribution in [0.1, 0.15) is 65.5 Å². The maximum atomic E-state index is 14.1. The maximum absolute atomic E-state index is 14.1. The molecule has 0 bridgehead atoms. The Kier molecular flexibility index (Phi) is 8.16. The monoisotopic (exact) mass is 592 g/mol. The molecule has 2 aliphatic rings. The Morgan fingerprint density at radius 1 is 1.12 bits per heavy atom. The van der Waals surface area contributed by atoms with Crippen LogP contribution in [-0.2, 0) is 24.4 Å². The van der Waals surface area contributed by atoms with Crippen LogP contribution < -0.4 is 4.74 Å². The molecule has 0 radical (unpaired) electrons. The van der Waals surface area contributed by atoms with Gasteiger partial charge in [-0.15, -0.1) is 0 Å². The first-order chi connectivity index (χ1) is 20.3. The smallest absolute Gasteiger partial charge is 0.335 e. The molecule has 1 aliphatic heterocycles. The number of aromatic carboxylic acids is 1. The van der Waals surface area contributed by atoms with Gasteiger partial charge in [-0.05, 0) is 81.6 Å². The number of halogens is 2. The number of piperidine rings is 1. The first-order valence-corrected chi connectivity index (χ1v) is 14.7. The highest BCUT2D eigenvalue weighted by Gasteiger charge is 2.38. The minimum atomic E-state index is -0.946. The molecule has 2 fully saturated rings. The van der Waals surface area contributed by atoms with Gasteiger partial charge in [0.05, 0.1) is 35.3 Å². The largest absolute Gasteiger partial charge is 0.478 e. The van der Waals surface area contributed by atoms with Crippen LogP contribution in [0.25, 0.3) is 11.0 Å². The predicted molar refractivity (Wildman–Crippen MR) is 158 cm³/mol. The lowest BCUT2D eigenvalue weighted by Gasteiger charge is -2.41. The Morgan fingerprint density at radius 3 is 2.62 bits per heavy atom. The van der Waals surface area contributed by atoms with Gasteiger partial charge in [-0.25, -0.2) is 19.2 Å². The molecule has 1 aliphatic carbocycles. The van der Waals surface area contributed by atoms with Crippen LogP contribution in [0.3, 0.4) is 0 Å². The van der Waals surface area contributed by atoms with Gasteiger partial charge in [0.2, 0.25) is 5.88 Å². The van der Waals surface area contributed by atoms with E-state index in [4.69, 9.17) is 31.0 Å². The average molecular weight is 593 g/mol. The van der Waals surface area contributed by atoms with Crippen LogP contribution in [0.15, 0.2) is 54.6 Å². The van der Waals surface area contributed by atoms with E-state index in [1.54, 1.807) is 43.5 Å². The Hall–Kier alpha value is -3.53. The highest BCUT2D eigenvalue weighted by atomic mass is 35.5. The van der Waals surface area contributed by atoms with Crippen molar-refractivity contribution in [2.45, 2.75) is 63.3 Å². The van der Waals surface area contributed by atoms with Crippen molar-refractivity contribution in [1.82, 2.24) is 19.4 Å². The van der Waals surface area contributed by atoms with E-state index in [9.17, 15) is 14.3 Å². The summed E-state index contributed by atoms with van der Waals surface area (Å²) in [4.78, 5) is 23.8. The second-order valence-electron chi connectivity index (χ2n) is 11.3. The molecule has 42 heavy (non-hydrogen) atoms. The lowest BCUT2D eigenvalue weighted by atomic mass is 9.80. The van der Waals surface area contributed by atoms with Gasteiger partial charge in [-0.2, -0.15) is 0 Å². The molecule has 0 amide bonds. The van der Waals surface area contributed by atoms with Crippen molar-refractivity contribution in [3.05, 3.63) is 88.1 Å². The summed E-state index contributed by atoms with van der Waals surface area (Å²) in [6.45, 7) is 3.17. The van der Waals surface area contributed by atoms with Gasteiger partial charge in [-0.1, -0.05) is 23.7 Å². The Balaban J connectivity index is 1.13. The third-order valence-corrected chi connectivity index (χ3v) is 8.96. The third kappa shape index (κ3) is 6.00. The second kappa shape index (κ2) is 12.0. The fourth-order valence-electron chi connectivity index (χ4n) is 6.00. The van der Waals surface area contributed by atoms with Crippen LogP contribution in [0.5, 0.6) is 5.88 Å². The number of hydrogen-bond acceptors (Lipinski definition) is 6. The molecule has 220 valence electrons. The average Bonchev–Trinajstić information content (AvgIpc) is 3.30. The highest BCUT2D eigenvalue weighted by Crippen LogP contribution is 2.38. The fraction of sp³-hybridized carbons (Fsp3) is 0.406. The minimum Gasteiger partial charge on any atom is -0.478 e. The van der Waals surface area contributed by atoms with Gasteiger partial charge >= 0.3 is 5.97 Å². The van der Waals surface area contributed by atoms with Crippen molar-refractivity contribution < 1.29 is 23.8 Å². The van der Waals surface area contributed by atoms with Crippen LogP contribution >= 0.6 is 11.6 Å². The SMILES string of the molecule is COC1(Cn2c(CN3CCC(c4cccc(OCc5ccc(Cl)cc5F)n4)CC3)nc3ccc(C(=O)O)cc32)CCC1. The fourth-order valence-corrected chi connectivity index (χ4v) is 6.16. The summed E-state index contributed by atoms with van der Waals surface area (Å²) in [7, 11) is 1.76. The van der Waals surface area contributed by atoms with Crippen molar-refractivity contribution in [2.24, 2.45) is 0 Å². The van der Waals surface area contributed by atoms with Crippen LogP contribution in [0.4, 0.5) is 4.39 Å². The molecule has 4 aromatic rings. The van der Waals surface area contributed by atoms with Crippen molar-refractivity contribution >= 4 is 28.6 Å². The summed E-state index contributed by atoms with van der Waals surface area (Å²) < 4.78 is 28.0. The molecule has 6 rings (SSSR count). The number of likely N-dealkylation sites (tertiary alicyclic amines) is 1. The van der Waals surface area contributed by atoms with Crippen molar-refractivity contribution in [1.29, 1.82) is 0 Å². The number of ether oxygens (including phenoxy) is 2. The Bertz CT molecular complexity index is 1590. The highest BCUT2D eigenvalue weighted by molar-refractivity contribution is 6.30. The summed E-state index contributed by atoms with van der Waals surface area (Å²) in [6, 6.07) is 15.4. The lowest BCUT2D eigenvalue weighted by Crippen LogP contribution is -2.44. The molecule has 1 N–H and O–H groups in total. The summed E-state index contributed by atoms with van der Waals surface area (Å²) in [5.41, 5.74) is 3.07. The number of pyridine rings is 1. The predicted octanol–water partition coefficient (Wildman–Crippen LogP) is 6.45. The molecule has 10 heteroatoms. The number of aromatic nitrogens is 3. The first-order valence-electron chi connectivity index (χ1n) is 14.4. The van der Waals surface area contributed by atoms with E-state index in [1.165, 1.54) is 6.07 Å². The quantitative estimate of drug-likeness (QED) is 0.226. The number of carboxylic acids is 1. The normalized spacial score (nSPS) is 17.3. The minimum absolute atomic E-state index is 0.0806. The standard InChI is InChI=1S/C32H34ClFN4O4/c1-41-32(12-3-13-32)20-38-28-16-22(31(39)40)7-9-27(28)35-29(38)18-37-14-10-21(11-15-37)26-4-2-5-30(36-26)42-19-23-6-8-24(33)17-25(23)34/h2,4-9,16-17,21H,3,10-15,18-20H2,1H3,(H,39,40). The van der Waals surface area contributed by atoms with E-state index in [1.807, 2.05) is 12.1 Å². The zero-order valence-corrected chi connectivity index (χ0v) is 24.3. The molecule has 1 saturated heterocycles. The number of fused-ring (bicyclic) bond motifs is 1. The number of benzene rings is 2. The number of nitrogens with zero attached hydrogens (tertiary/aromatic N) is 4. The van der Waals surface area contributed by atoms with E-state index in [-0.39, 0.29) is 17.8 Å². The third-order valence-electron chi connectivity index (χ3n) is 8.72. The zero-order chi connectivity index (χ0) is 29.3. The van der Waals surface area contributed by atoms with Gasteiger partial charge < -0.3 is 19.1 Å². The molecule has 0 atom stereocenters. The van der Waals surface area contributed by atoms with Gasteiger partial charge in [-0.3, -0.25) is 4.90 Å². The molecule has 2 aromatic heterocycles. The van der Waals surface area contributed by atoms with Gasteiger partial charge in [0.25, 0.3) is 0 Å². The molecule has 1 saturated carbocycles. The number of carbonyl (C=O) groups is 1.